The van der Waals surface area contributed by atoms with Crippen molar-refractivity contribution in [2.75, 3.05) is 13.2 Å². The van der Waals surface area contributed by atoms with E-state index >= 15 is 0 Å². The molecule has 0 bridgehead atoms. The zero-order valence-electron chi connectivity index (χ0n) is 39.2. The van der Waals surface area contributed by atoms with Crippen LogP contribution >= 0.6 is 0 Å². The fourth-order valence-electron chi connectivity index (χ4n) is 6.70. The summed E-state index contributed by atoms with van der Waals surface area (Å²) in [4.78, 5) is 37.8. The minimum Gasteiger partial charge on any atom is -0.462 e. The molecule has 0 aromatic rings. The second-order valence-corrected chi connectivity index (χ2v) is 16.3. The number of carbonyl (C=O) groups is 3. The number of carbonyl (C=O) groups excluding carboxylic acids is 3. The van der Waals surface area contributed by atoms with Crippen molar-refractivity contribution < 1.29 is 28.6 Å². The van der Waals surface area contributed by atoms with Crippen LogP contribution in [0.15, 0.2) is 72.9 Å². The predicted molar refractivity (Wildman–Crippen MR) is 256 cm³/mol. The standard InChI is InChI=1S/C54H92O6/c1-4-7-10-13-16-19-22-24-25-26-27-28-29-31-32-35-38-41-44-47-53(56)59-50-51(49-58-52(55)46-43-40-37-34-21-18-15-12-9-6-3)60-54(57)48-45-42-39-36-33-30-23-20-17-14-11-8-5-2/h7,10,16,19-20,23-25,27-28,31-32,51H,4-6,8-9,11-15,17-18,21-22,26,29-30,33-50H2,1-3H3/b10-7-,19-16-,23-20-,25-24-,28-27-,32-31-. The summed E-state index contributed by atoms with van der Waals surface area (Å²) in [6.45, 7) is 6.45. The van der Waals surface area contributed by atoms with Crippen LogP contribution in [0.5, 0.6) is 0 Å². The van der Waals surface area contributed by atoms with Crippen molar-refractivity contribution in [2.24, 2.45) is 0 Å². The summed E-state index contributed by atoms with van der Waals surface area (Å²) in [5, 5.41) is 0. The average molecular weight is 837 g/mol. The third-order valence-corrected chi connectivity index (χ3v) is 10.4. The van der Waals surface area contributed by atoms with Crippen LogP contribution in [0.4, 0.5) is 0 Å². The van der Waals surface area contributed by atoms with Crippen molar-refractivity contribution in [2.45, 2.75) is 239 Å². The first-order valence-corrected chi connectivity index (χ1v) is 24.9. The Labute approximate surface area is 370 Å². The summed E-state index contributed by atoms with van der Waals surface area (Å²) in [7, 11) is 0. The molecule has 1 unspecified atom stereocenters. The highest BCUT2D eigenvalue weighted by molar-refractivity contribution is 5.71. The number of hydrogen-bond donors (Lipinski definition) is 0. The van der Waals surface area contributed by atoms with E-state index in [4.69, 9.17) is 14.2 Å². The molecule has 6 heteroatoms. The first kappa shape index (κ1) is 56.9. The maximum absolute atomic E-state index is 12.7. The Morgan fingerprint density at radius 1 is 0.350 bits per heavy atom. The van der Waals surface area contributed by atoms with Crippen LogP contribution in [-0.2, 0) is 28.6 Å². The third kappa shape index (κ3) is 45.9. The third-order valence-electron chi connectivity index (χ3n) is 10.4. The smallest absolute Gasteiger partial charge is 0.306 e. The summed E-state index contributed by atoms with van der Waals surface area (Å²) in [5.41, 5.74) is 0. The lowest BCUT2D eigenvalue weighted by Gasteiger charge is -2.18. The molecule has 0 aliphatic rings. The van der Waals surface area contributed by atoms with Gasteiger partial charge >= 0.3 is 17.9 Å². The van der Waals surface area contributed by atoms with Gasteiger partial charge in [-0.3, -0.25) is 14.4 Å². The molecule has 0 N–H and O–H groups in total. The Morgan fingerprint density at radius 2 is 0.650 bits per heavy atom. The van der Waals surface area contributed by atoms with Gasteiger partial charge in [0.2, 0.25) is 0 Å². The molecule has 0 saturated heterocycles. The van der Waals surface area contributed by atoms with Gasteiger partial charge in [0.15, 0.2) is 6.10 Å². The largest absolute Gasteiger partial charge is 0.462 e. The molecule has 0 spiro atoms. The Kier molecular flexibility index (Phi) is 46.0. The lowest BCUT2D eigenvalue weighted by molar-refractivity contribution is -0.167. The van der Waals surface area contributed by atoms with E-state index in [-0.39, 0.29) is 31.1 Å². The lowest BCUT2D eigenvalue weighted by Crippen LogP contribution is -2.30. The van der Waals surface area contributed by atoms with Crippen LogP contribution in [-0.4, -0.2) is 37.2 Å². The van der Waals surface area contributed by atoms with E-state index in [0.717, 1.165) is 109 Å². The minimum absolute atomic E-state index is 0.0883. The summed E-state index contributed by atoms with van der Waals surface area (Å²) >= 11 is 0. The Balaban J connectivity index is 4.42. The Morgan fingerprint density at radius 3 is 1.07 bits per heavy atom. The fraction of sp³-hybridized carbons (Fsp3) is 0.722. The van der Waals surface area contributed by atoms with Crippen LogP contribution in [0.2, 0.25) is 0 Å². The first-order valence-electron chi connectivity index (χ1n) is 24.9. The summed E-state index contributed by atoms with van der Waals surface area (Å²) in [6.07, 6.45) is 60.2. The number of esters is 3. The van der Waals surface area contributed by atoms with Crippen molar-refractivity contribution in [1.82, 2.24) is 0 Å². The van der Waals surface area contributed by atoms with E-state index in [1.165, 1.54) is 83.5 Å². The van der Waals surface area contributed by atoms with Gasteiger partial charge in [0.25, 0.3) is 0 Å². The van der Waals surface area contributed by atoms with Gasteiger partial charge in [0.1, 0.15) is 13.2 Å². The van der Waals surface area contributed by atoms with Gasteiger partial charge in [-0.1, -0.05) is 196 Å². The molecule has 0 saturated carbocycles. The molecule has 0 rings (SSSR count). The van der Waals surface area contributed by atoms with Gasteiger partial charge in [-0.15, -0.1) is 0 Å². The number of rotatable bonds is 44. The summed E-state index contributed by atoms with van der Waals surface area (Å²) in [6, 6.07) is 0. The summed E-state index contributed by atoms with van der Waals surface area (Å²) in [5.74, 6) is -0.933. The van der Waals surface area contributed by atoms with Gasteiger partial charge in [0.05, 0.1) is 0 Å². The average Bonchev–Trinajstić information content (AvgIpc) is 3.24. The molecule has 0 heterocycles. The zero-order valence-corrected chi connectivity index (χ0v) is 39.2. The fourth-order valence-corrected chi connectivity index (χ4v) is 6.70. The van der Waals surface area contributed by atoms with Crippen LogP contribution in [0, 0.1) is 0 Å². The number of ether oxygens (including phenoxy) is 3. The molecule has 344 valence electrons. The Bertz CT molecular complexity index is 1140. The maximum atomic E-state index is 12.7. The number of unbranched alkanes of at least 4 members (excludes halogenated alkanes) is 21. The van der Waals surface area contributed by atoms with Gasteiger partial charge < -0.3 is 14.2 Å². The van der Waals surface area contributed by atoms with E-state index in [9.17, 15) is 14.4 Å². The Hall–Kier alpha value is -3.15. The second-order valence-electron chi connectivity index (χ2n) is 16.3. The minimum atomic E-state index is -0.790. The summed E-state index contributed by atoms with van der Waals surface area (Å²) < 4.78 is 16.7. The molecule has 60 heavy (non-hydrogen) atoms. The number of hydrogen-bond acceptors (Lipinski definition) is 6. The van der Waals surface area contributed by atoms with Crippen molar-refractivity contribution in [3.8, 4) is 0 Å². The lowest BCUT2D eigenvalue weighted by atomic mass is 10.1. The van der Waals surface area contributed by atoms with Crippen LogP contribution < -0.4 is 0 Å². The van der Waals surface area contributed by atoms with Gasteiger partial charge in [-0.2, -0.15) is 0 Å². The highest BCUT2D eigenvalue weighted by atomic mass is 16.6. The van der Waals surface area contributed by atoms with Crippen LogP contribution in [0.3, 0.4) is 0 Å². The van der Waals surface area contributed by atoms with Crippen LogP contribution in [0.1, 0.15) is 233 Å². The monoisotopic (exact) mass is 837 g/mol. The second kappa shape index (κ2) is 48.5. The van der Waals surface area contributed by atoms with E-state index in [0.29, 0.717) is 19.3 Å². The van der Waals surface area contributed by atoms with Crippen LogP contribution in [0.25, 0.3) is 0 Å². The molecule has 0 amide bonds. The first-order chi connectivity index (χ1) is 29.5. The zero-order chi connectivity index (χ0) is 43.7. The van der Waals surface area contributed by atoms with E-state index in [2.05, 4.69) is 93.7 Å². The molecular weight excluding hydrogens is 745 g/mol. The highest BCUT2D eigenvalue weighted by Crippen LogP contribution is 2.14. The molecule has 0 aromatic carbocycles. The normalized spacial score (nSPS) is 12.7. The molecular formula is C54H92O6. The molecule has 0 fully saturated rings. The van der Waals surface area contributed by atoms with Crippen molar-refractivity contribution in [3.63, 3.8) is 0 Å². The van der Waals surface area contributed by atoms with Crippen molar-refractivity contribution >= 4 is 17.9 Å². The van der Waals surface area contributed by atoms with Gasteiger partial charge in [0, 0.05) is 19.3 Å². The predicted octanol–water partition coefficient (Wildman–Crippen LogP) is 16.3. The van der Waals surface area contributed by atoms with E-state index in [1.54, 1.807) is 0 Å². The van der Waals surface area contributed by atoms with E-state index in [1.807, 2.05) is 0 Å². The molecule has 1 atom stereocenters. The van der Waals surface area contributed by atoms with Crippen molar-refractivity contribution in [1.29, 1.82) is 0 Å². The number of allylic oxidation sites excluding steroid dienone is 12. The van der Waals surface area contributed by atoms with Gasteiger partial charge in [-0.25, -0.2) is 0 Å². The van der Waals surface area contributed by atoms with E-state index < -0.39 is 6.10 Å². The van der Waals surface area contributed by atoms with Crippen molar-refractivity contribution in [3.05, 3.63) is 72.9 Å². The molecule has 6 nitrogen and oxygen atoms in total. The molecule has 0 aromatic heterocycles. The molecule has 0 aliphatic carbocycles. The van der Waals surface area contributed by atoms with Gasteiger partial charge in [-0.05, 0) is 89.9 Å². The molecule has 0 radical (unpaired) electrons. The molecule has 0 aliphatic heterocycles. The quantitative estimate of drug-likeness (QED) is 0.0263. The highest BCUT2D eigenvalue weighted by Gasteiger charge is 2.19. The maximum Gasteiger partial charge on any atom is 0.306 e. The SMILES string of the molecule is CC/C=C\C/C=C\C/C=C\C/C=C\C/C=C\CCCCCC(=O)OCC(COC(=O)CCCCCCCCCCCC)OC(=O)CCCCCCC/C=C\CCCCCC. The topological polar surface area (TPSA) is 78.9 Å².